The summed E-state index contributed by atoms with van der Waals surface area (Å²) in [6, 6.07) is 20.9. The van der Waals surface area contributed by atoms with Crippen molar-refractivity contribution >= 4 is 24.4 Å². The molecule has 126 valence electrons. The Kier molecular flexibility index (Phi) is 6.15. The molecule has 0 unspecified atom stereocenters. The molecule has 0 heterocycles. The first-order valence-electron chi connectivity index (χ1n) is 8.62. The average Bonchev–Trinajstić information content (AvgIpc) is 2.62. The van der Waals surface area contributed by atoms with Gasteiger partial charge in [-0.2, -0.15) is 0 Å². The minimum atomic E-state index is -1.97. The number of nitrogens with zero attached hydrogens (tertiary/aromatic N) is 1. The third kappa shape index (κ3) is 4.03. The fourth-order valence-corrected chi connectivity index (χ4v) is 5.71. The van der Waals surface area contributed by atoms with Gasteiger partial charge in [-0.1, -0.05) is 78.9 Å². The minimum absolute atomic E-state index is 0.107. The molecule has 3 heteroatoms. The van der Waals surface area contributed by atoms with E-state index >= 15 is 0 Å². The van der Waals surface area contributed by atoms with E-state index in [0.29, 0.717) is 0 Å². The van der Waals surface area contributed by atoms with Crippen LogP contribution in [0.1, 0.15) is 19.4 Å². The van der Waals surface area contributed by atoms with E-state index < -0.39 is 8.07 Å². The zero-order valence-corrected chi connectivity index (χ0v) is 16.1. The van der Waals surface area contributed by atoms with Crippen molar-refractivity contribution in [1.29, 1.82) is 0 Å². The molecule has 0 saturated carbocycles. The molecule has 0 bridgehead atoms. The summed E-state index contributed by atoms with van der Waals surface area (Å²) in [5.41, 5.74) is 1.15. The number of carbonyl (C=O) groups is 1. The molecular formula is C21H27NOSi. The number of hydrogen-bond donors (Lipinski definition) is 0. The lowest BCUT2D eigenvalue weighted by molar-refractivity contribution is -0.125. The Morgan fingerprint density at radius 2 is 1.42 bits per heavy atom. The van der Waals surface area contributed by atoms with E-state index in [-0.39, 0.29) is 5.91 Å². The van der Waals surface area contributed by atoms with Gasteiger partial charge in [0.15, 0.2) is 0 Å². The van der Waals surface area contributed by atoms with Gasteiger partial charge in [-0.15, -0.1) is 0 Å². The smallest absolute Gasteiger partial charge is 0.246 e. The van der Waals surface area contributed by atoms with Crippen LogP contribution in [-0.4, -0.2) is 32.0 Å². The number of amides is 1. The normalized spacial score (nSPS) is 12.1. The van der Waals surface area contributed by atoms with E-state index in [1.165, 1.54) is 10.4 Å². The fraction of sp³-hybridized carbons (Fsp3) is 0.286. The maximum absolute atomic E-state index is 12.7. The summed E-state index contributed by atoms with van der Waals surface area (Å²) in [7, 11) is -1.97. The van der Waals surface area contributed by atoms with Crippen LogP contribution >= 0.6 is 0 Å². The summed E-state index contributed by atoms with van der Waals surface area (Å²) >= 11 is 0. The third-order valence-electron chi connectivity index (χ3n) is 4.60. The first-order valence-corrected chi connectivity index (χ1v) is 11.6. The van der Waals surface area contributed by atoms with Gasteiger partial charge in [-0.25, -0.2) is 0 Å². The minimum Gasteiger partial charge on any atom is -0.340 e. The Labute approximate surface area is 146 Å². The highest BCUT2D eigenvalue weighted by atomic mass is 28.3. The Bertz CT molecular complexity index is 688. The second kappa shape index (κ2) is 8.11. The molecule has 2 rings (SSSR count). The molecule has 0 N–H and O–H groups in total. The molecule has 0 aliphatic rings. The third-order valence-corrected chi connectivity index (χ3v) is 8.15. The van der Waals surface area contributed by atoms with Gasteiger partial charge >= 0.3 is 0 Å². The topological polar surface area (TPSA) is 20.3 Å². The van der Waals surface area contributed by atoms with Crippen LogP contribution in [0.25, 0.3) is 5.20 Å². The fourth-order valence-electron chi connectivity index (χ4n) is 3.00. The van der Waals surface area contributed by atoms with Crippen LogP contribution in [0.4, 0.5) is 0 Å². The Morgan fingerprint density at radius 3 is 1.92 bits per heavy atom. The highest BCUT2D eigenvalue weighted by molar-refractivity contribution is 7.04. The summed E-state index contributed by atoms with van der Waals surface area (Å²) in [4.78, 5) is 14.6. The Hall–Kier alpha value is -2.13. The monoisotopic (exact) mass is 337 g/mol. The molecule has 0 aliphatic carbocycles. The quantitative estimate of drug-likeness (QED) is 0.574. The lowest BCUT2D eigenvalue weighted by atomic mass is 10.2. The maximum Gasteiger partial charge on any atom is 0.246 e. The van der Waals surface area contributed by atoms with Crippen LogP contribution in [0.3, 0.4) is 0 Å². The van der Waals surface area contributed by atoms with Crippen molar-refractivity contribution in [3.63, 3.8) is 0 Å². The second-order valence-electron chi connectivity index (χ2n) is 6.43. The summed E-state index contributed by atoms with van der Waals surface area (Å²) < 4.78 is 0. The number of benzene rings is 2. The molecule has 0 radical (unpaired) electrons. The van der Waals surface area contributed by atoms with E-state index in [4.69, 9.17) is 0 Å². The summed E-state index contributed by atoms with van der Waals surface area (Å²) in [6.07, 6.45) is 1.88. The van der Waals surface area contributed by atoms with Gasteiger partial charge in [-0.3, -0.25) is 4.79 Å². The van der Waals surface area contributed by atoms with Crippen molar-refractivity contribution in [3.8, 4) is 0 Å². The van der Waals surface area contributed by atoms with Gasteiger partial charge in [0.2, 0.25) is 5.91 Å². The van der Waals surface area contributed by atoms with Crippen LogP contribution in [0.5, 0.6) is 0 Å². The van der Waals surface area contributed by atoms with E-state index in [1.54, 1.807) is 0 Å². The van der Waals surface area contributed by atoms with Crippen molar-refractivity contribution in [2.24, 2.45) is 0 Å². The summed E-state index contributed by atoms with van der Waals surface area (Å²) in [5.74, 6) is 0.107. The van der Waals surface area contributed by atoms with Gasteiger partial charge < -0.3 is 4.90 Å². The number of rotatable bonds is 6. The standard InChI is InChI=1S/C21H27NOSi/c1-5-22(6-2)21(23)17-20(18-13-9-7-10-14-18)24(3,4)19-15-11-8-12-16-19/h7-17H,5-6H2,1-4H3/b20-17+. The second-order valence-corrected chi connectivity index (χ2v) is 10.8. The number of carbonyl (C=O) groups excluding carboxylic acids is 1. The molecule has 0 spiro atoms. The van der Waals surface area contributed by atoms with Crippen molar-refractivity contribution < 1.29 is 4.79 Å². The lowest BCUT2D eigenvalue weighted by Crippen LogP contribution is -2.43. The van der Waals surface area contributed by atoms with E-state index in [0.717, 1.165) is 18.7 Å². The van der Waals surface area contributed by atoms with Gasteiger partial charge in [-0.05, 0) is 24.6 Å². The molecule has 0 aromatic heterocycles. The maximum atomic E-state index is 12.7. The predicted octanol–water partition coefficient (Wildman–Crippen LogP) is 4.09. The Morgan fingerprint density at radius 1 is 0.917 bits per heavy atom. The summed E-state index contributed by atoms with van der Waals surface area (Å²) in [6.45, 7) is 10.2. The first-order chi connectivity index (χ1) is 11.5. The van der Waals surface area contributed by atoms with Gasteiger partial charge in [0, 0.05) is 19.2 Å². The molecule has 0 fully saturated rings. The molecule has 1 amide bonds. The van der Waals surface area contributed by atoms with E-state index in [1.807, 2.05) is 49.1 Å². The highest BCUT2D eigenvalue weighted by Gasteiger charge is 2.30. The molecule has 0 aliphatic heterocycles. The van der Waals surface area contributed by atoms with Crippen molar-refractivity contribution in [2.45, 2.75) is 26.9 Å². The lowest BCUT2D eigenvalue weighted by Gasteiger charge is -2.28. The summed E-state index contributed by atoms with van der Waals surface area (Å²) in [5, 5.41) is 2.53. The van der Waals surface area contributed by atoms with Gasteiger partial charge in [0.05, 0.1) is 0 Å². The molecule has 24 heavy (non-hydrogen) atoms. The molecular weight excluding hydrogens is 310 g/mol. The van der Waals surface area contributed by atoms with Crippen molar-refractivity contribution in [3.05, 3.63) is 72.3 Å². The number of hydrogen-bond acceptors (Lipinski definition) is 1. The molecule has 2 aromatic carbocycles. The SMILES string of the molecule is CCN(CC)C(=O)/C=C(\c1ccccc1)[Si](C)(C)c1ccccc1. The van der Waals surface area contributed by atoms with Crippen molar-refractivity contribution in [1.82, 2.24) is 4.90 Å². The van der Waals surface area contributed by atoms with Gasteiger partial charge in [0.25, 0.3) is 0 Å². The van der Waals surface area contributed by atoms with Crippen LogP contribution in [0.2, 0.25) is 13.1 Å². The van der Waals surface area contributed by atoms with E-state index in [9.17, 15) is 4.79 Å². The van der Waals surface area contributed by atoms with Crippen LogP contribution < -0.4 is 5.19 Å². The van der Waals surface area contributed by atoms with Crippen LogP contribution in [0.15, 0.2) is 66.7 Å². The highest BCUT2D eigenvalue weighted by Crippen LogP contribution is 2.26. The molecule has 0 saturated heterocycles. The molecule has 0 atom stereocenters. The van der Waals surface area contributed by atoms with E-state index in [2.05, 4.69) is 49.5 Å². The van der Waals surface area contributed by atoms with Crippen LogP contribution in [-0.2, 0) is 4.79 Å². The molecule has 2 aromatic rings. The van der Waals surface area contributed by atoms with Gasteiger partial charge in [0.1, 0.15) is 8.07 Å². The zero-order valence-electron chi connectivity index (χ0n) is 15.1. The average molecular weight is 338 g/mol. The van der Waals surface area contributed by atoms with Crippen LogP contribution in [0, 0.1) is 0 Å². The molecule has 2 nitrogen and oxygen atoms in total. The van der Waals surface area contributed by atoms with Crippen molar-refractivity contribution in [2.75, 3.05) is 13.1 Å². The first kappa shape index (κ1) is 18.2. The zero-order chi connectivity index (χ0) is 17.6. The number of likely N-dealkylation sites (N-methyl/N-ethyl adjacent to an activating group) is 1. The Balaban J connectivity index is 2.54. The largest absolute Gasteiger partial charge is 0.340 e. The predicted molar refractivity (Wildman–Crippen MR) is 106 cm³/mol.